The average Bonchev–Trinajstić information content (AvgIpc) is 2.54. The van der Waals surface area contributed by atoms with Gasteiger partial charge in [0.05, 0.1) is 19.2 Å². The molecule has 0 N–H and O–H groups in total. The molecule has 0 unspecified atom stereocenters. The predicted molar refractivity (Wildman–Crippen MR) is 79.8 cm³/mol. The predicted octanol–water partition coefficient (Wildman–Crippen LogP) is 3.67. The molecule has 112 valence electrons. The number of carbonyl (C=O) groups excluding carboxylic acids is 1. The van der Waals surface area contributed by atoms with Gasteiger partial charge in [0.1, 0.15) is 0 Å². The van der Waals surface area contributed by atoms with Gasteiger partial charge in [0.25, 0.3) is 0 Å². The van der Waals surface area contributed by atoms with Gasteiger partial charge in [0.2, 0.25) is 0 Å². The van der Waals surface area contributed by atoms with Crippen LogP contribution in [0.5, 0.6) is 0 Å². The minimum Gasteiger partial charge on any atom is -0.466 e. The van der Waals surface area contributed by atoms with Gasteiger partial charge < -0.3 is 4.74 Å². The standard InChI is InChI=1S/C17H22N2O2/c1-13(16(20)21-3)9-10-14(2)17(11-18,12-19)15-7-5-4-6-8-15/h9-10,15H,4-8H2,1-3H3/b13-9-,14-10+. The molecule has 4 heteroatoms. The van der Waals surface area contributed by atoms with E-state index >= 15 is 0 Å². The van der Waals surface area contributed by atoms with Gasteiger partial charge in [0, 0.05) is 5.57 Å². The number of rotatable bonds is 4. The number of nitriles is 2. The number of hydrogen-bond acceptors (Lipinski definition) is 4. The van der Waals surface area contributed by atoms with Crippen molar-refractivity contribution >= 4 is 5.97 Å². The summed E-state index contributed by atoms with van der Waals surface area (Å²) in [5.74, 6) is -0.333. The molecule has 1 fully saturated rings. The van der Waals surface area contributed by atoms with Crippen molar-refractivity contribution < 1.29 is 9.53 Å². The molecule has 0 amide bonds. The van der Waals surface area contributed by atoms with E-state index in [-0.39, 0.29) is 5.92 Å². The first-order chi connectivity index (χ1) is 10.0. The Morgan fingerprint density at radius 1 is 1.14 bits per heavy atom. The topological polar surface area (TPSA) is 73.9 Å². The van der Waals surface area contributed by atoms with Gasteiger partial charge in [-0.2, -0.15) is 10.5 Å². The van der Waals surface area contributed by atoms with Crippen LogP contribution in [0.1, 0.15) is 46.0 Å². The van der Waals surface area contributed by atoms with Crippen molar-refractivity contribution in [2.75, 3.05) is 7.11 Å². The molecule has 0 aliphatic heterocycles. The van der Waals surface area contributed by atoms with E-state index in [2.05, 4.69) is 16.9 Å². The second kappa shape index (κ2) is 7.64. The van der Waals surface area contributed by atoms with Gasteiger partial charge in [-0.25, -0.2) is 4.79 Å². The molecule has 1 rings (SSSR count). The lowest BCUT2D eigenvalue weighted by Crippen LogP contribution is -2.30. The molecule has 0 aromatic carbocycles. The second-order valence-electron chi connectivity index (χ2n) is 5.56. The molecular weight excluding hydrogens is 264 g/mol. The third-order valence-corrected chi connectivity index (χ3v) is 4.28. The van der Waals surface area contributed by atoms with Gasteiger partial charge >= 0.3 is 5.97 Å². The smallest absolute Gasteiger partial charge is 0.333 e. The SMILES string of the molecule is COC(=O)/C(C)=C\C=C(/C)C(C#N)(C#N)C1CCCCC1. The third kappa shape index (κ3) is 3.73. The van der Waals surface area contributed by atoms with E-state index in [0.29, 0.717) is 11.1 Å². The summed E-state index contributed by atoms with van der Waals surface area (Å²) in [7, 11) is 1.33. The minimum absolute atomic E-state index is 0.0735. The summed E-state index contributed by atoms with van der Waals surface area (Å²) in [4.78, 5) is 11.4. The Balaban J connectivity index is 3.08. The maximum Gasteiger partial charge on any atom is 0.333 e. The molecule has 0 heterocycles. The molecule has 0 atom stereocenters. The summed E-state index contributed by atoms with van der Waals surface area (Å²) in [5, 5.41) is 19.2. The fraction of sp³-hybridized carbons (Fsp3) is 0.588. The van der Waals surface area contributed by atoms with E-state index < -0.39 is 11.4 Å². The number of hydrogen-bond donors (Lipinski definition) is 0. The Labute approximate surface area is 126 Å². The Bertz CT molecular complexity index is 512. The largest absolute Gasteiger partial charge is 0.466 e. The average molecular weight is 286 g/mol. The van der Waals surface area contributed by atoms with Crippen molar-refractivity contribution in [2.24, 2.45) is 11.3 Å². The Kier molecular flexibility index (Phi) is 6.18. The highest BCUT2D eigenvalue weighted by molar-refractivity contribution is 5.87. The zero-order chi connectivity index (χ0) is 15.9. The normalized spacial score (nSPS) is 17.8. The van der Waals surface area contributed by atoms with Crippen LogP contribution in [-0.4, -0.2) is 13.1 Å². The molecule has 0 spiro atoms. The van der Waals surface area contributed by atoms with Crippen molar-refractivity contribution in [3.63, 3.8) is 0 Å². The van der Waals surface area contributed by atoms with Crippen LogP contribution >= 0.6 is 0 Å². The fourth-order valence-corrected chi connectivity index (χ4v) is 2.85. The molecule has 0 aromatic rings. The van der Waals surface area contributed by atoms with Crippen molar-refractivity contribution in [2.45, 2.75) is 46.0 Å². The minimum atomic E-state index is -1.09. The van der Waals surface area contributed by atoms with E-state index in [1.807, 2.05) is 0 Å². The zero-order valence-electron chi connectivity index (χ0n) is 13.0. The van der Waals surface area contributed by atoms with Crippen LogP contribution in [0.25, 0.3) is 0 Å². The van der Waals surface area contributed by atoms with Crippen molar-refractivity contribution in [1.82, 2.24) is 0 Å². The molecule has 0 radical (unpaired) electrons. The quantitative estimate of drug-likeness (QED) is 0.449. The molecule has 0 aromatic heterocycles. The van der Waals surface area contributed by atoms with Crippen LogP contribution in [-0.2, 0) is 9.53 Å². The van der Waals surface area contributed by atoms with Crippen LogP contribution in [0, 0.1) is 34.0 Å². The monoisotopic (exact) mass is 286 g/mol. The summed E-state index contributed by atoms with van der Waals surface area (Å²) in [5.41, 5.74) is 0.0563. The summed E-state index contributed by atoms with van der Waals surface area (Å²) in [6, 6.07) is 4.45. The molecule has 0 saturated heterocycles. The highest BCUT2D eigenvalue weighted by Crippen LogP contribution is 2.43. The first-order valence-corrected chi connectivity index (χ1v) is 7.28. The fourth-order valence-electron chi connectivity index (χ4n) is 2.85. The Hall–Kier alpha value is -2.07. The number of esters is 1. The number of allylic oxidation sites excluding steroid dienone is 3. The van der Waals surface area contributed by atoms with Crippen molar-refractivity contribution in [1.29, 1.82) is 10.5 Å². The van der Waals surface area contributed by atoms with Gasteiger partial charge in [-0.1, -0.05) is 31.4 Å². The number of carbonyl (C=O) groups is 1. The van der Waals surface area contributed by atoms with E-state index in [1.54, 1.807) is 26.0 Å². The molecule has 4 nitrogen and oxygen atoms in total. The lowest BCUT2D eigenvalue weighted by atomic mass is 9.66. The third-order valence-electron chi connectivity index (χ3n) is 4.28. The number of methoxy groups -OCH3 is 1. The molecule has 1 aliphatic carbocycles. The van der Waals surface area contributed by atoms with Crippen LogP contribution < -0.4 is 0 Å². The second-order valence-corrected chi connectivity index (χ2v) is 5.56. The van der Waals surface area contributed by atoms with E-state index in [0.717, 1.165) is 25.7 Å². The van der Waals surface area contributed by atoms with E-state index in [4.69, 9.17) is 0 Å². The van der Waals surface area contributed by atoms with Gasteiger partial charge in [-0.15, -0.1) is 0 Å². The zero-order valence-corrected chi connectivity index (χ0v) is 13.0. The van der Waals surface area contributed by atoms with Gasteiger partial charge in [-0.3, -0.25) is 0 Å². The number of ether oxygens (including phenoxy) is 1. The van der Waals surface area contributed by atoms with Gasteiger partial charge in [-0.05, 0) is 38.2 Å². The van der Waals surface area contributed by atoms with Crippen LogP contribution in [0.3, 0.4) is 0 Å². The van der Waals surface area contributed by atoms with Crippen LogP contribution in [0.4, 0.5) is 0 Å². The van der Waals surface area contributed by atoms with Crippen LogP contribution in [0.15, 0.2) is 23.3 Å². The maximum atomic E-state index is 11.4. The van der Waals surface area contributed by atoms with Crippen molar-refractivity contribution in [3.8, 4) is 12.1 Å². The molecule has 1 aliphatic rings. The molecule has 0 bridgehead atoms. The molecule has 1 saturated carbocycles. The Morgan fingerprint density at radius 2 is 1.71 bits per heavy atom. The van der Waals surface area contributed by atoms with E-state index in [1.165, 1.54) is 13.5 Å². The van der Waals surface area contributed by atoms with E-state index in [9.17, 15) is 15.3 Å². The first-order valence-electron chi connectivity index (χ1n) is 7.28. The lowest BCUT2D eigenvalue weighted by molar-refractivity contribution is -0.136. The first kappa shape index (κ1) is 17.0. The summed E-state index contributed by atoms with van der Waals surface area (Å²) >= 11 is 0. The molecular formula is C17H22N2O2. The summed E-state index contributed by atoms with van der Waals surface area (Å²) < 4.78 is 4.63. The highest BCUT2D eigenvalue weighted by atomic mass is 16.5. The highest BCUT2D eigenvalue weighted by Gasteiger charge is 2.41. The van der Waals surface area contributed by atoms with Crippen LogP contribution in [0.2, 0.25) is 0 Å². The lowest BCUT2D eigenvalue weighted by Gasteiger charge is -2.32. The Morgan fingerprint density at radius 3 is 2.19 bits per heavy atom. The summed E-state index contributed by atoms with van der Waals surface area (Å²) in [6.07, 6.45) is 8.45. The van der Waals surface area contributed by atoms with Crippen molar-refractivity contribution in [3.05, 3.63) is 23.3 Å². The molecule has 21 heavy (non-hydrogen) atoms. The maximum absolute atomic E-state index is 11.4. The van der Waals surface area contributed by atoms with Gasteiger partial charge in [0.15, 0.2) is 5.41 Å². The summed E-state index contributed by atoms with van der Waals surface area (Å²) in [6.45, 7) is 3.44. The number of nitrogens with zero attached hydrogens (tertiary/aromatic N) is 2.